The van der Waals surface area contributed by atoms with E-state index in [0.717, 1.165) is 11.8 Å². The van der Waals surface area contributed by atoms with Crippen molar-refractivity contribution in [2.45, 2.75) is 19.9 Å². The van der Waals surface area contributed by atoms with Gasteiger partial charge in [0.2, 0.25) is 0 Å². The molecule has 9 heteroatoms. The zero-order valence-corrected chi connectivity index (χ0v) is 20.1. The van der Waals surface area contributed by atoms with Gasteiger partial charge in [0.25, 0.3) is 5.91 Å². The molecule has 1 heterocycles. The number of hydrogen-bond donors (Lipinski definition) is 1. The Labute approximate surface area is 198 Å². The molecule has 1 amide bonds. The molecule has 3 rings (SSSR count). The number of rotatable bonds is 7. The normalized spacial score (nSPS) is 16.0. The fraction of sp³-hybridized carbons (Fsp3) is 0.227. The van der Waals surface area contributed by atoms with Crippen LogP contribution in [0.2, 0.25) is 0 Å². The predicted molar refractivity (Wildman–Crippen MR) is 128 cm³/mol. The highest BCUT2D eigenvalue weighted by Gasteiger charge is 2.42. The molecular weight excluding hydrogens is 502 g/mol. The van der Waals surface area contributed by atoms with Gasteiger partial charge in [-0.1, -0.05) is 54.3 Å². The highest BCUT2D eigenvalue weighted by molar-refractivity contribution is 9.10. The third kappa shape index (κ3) is 5.11. The highest BCUT2D eigenvalue weighted by atomic mass is 79.9. The van der Waals surface area contributed by atoms with Crippen molar-refractivity contribution in [3.05, 3.63) is 63.0 Å². The number of phenols is 1. The standard InChI is InChI=1S/C22H20BrNO5S2/c1-3-28-16-11-13(10-15(23)19(16)25)12-17-20(26)24(22(30)31-17)18(21(27)29-4-2)14-8-6-5-7-9-14/h5-12,18,25H,3-4H2,1-2H3/b17-12-. The van der Waals surface area contributed by atoms with Gasteiger partial charge in [0.1, 0.15) is 4.32 Å². The van der Waals surface area contributed by atoms with Crippen LogP contribution in [-0.2, 0) is 14.3 Å². The van der Waals surface area contributed by atoms with E-state index >= 15 is 0 Å². The third-order valence-electron chi connectivity index (χ3n) is 4.36. The van der Waals surface area contributed by atoms with Crippen LogP contribution in [0.4, 0.5) is 0 Å². The van der Waals surface area contributed by atoms with Crippen molar-refractivity contribution < 1.29 is 24.2 Å². The van der Waals surface area contributed by atoms with Crippen LogP contribution in [0, 0.1) is 0 Å². The van der Waals surface area contributed by atoms with E-state index in [0.29, 0.717) is 32.9 Å². The maximum atomic E-state index is 13.3. The Balaban J connectivity index is 1.98. The number of esters is 1. The second kappa shape index (κ2) is 10.3. The largest absolute Gasteiger partial charge is 0.503 e. The summed E-state index contributed by atoms with van der Waals surface area (Å²) in [5.74, 6) is -0.651. The molecule has 6 nitrogen and oxygen atoms in total. The van der Waals surface area contributed by atoms with Crippen molar-refractivity contribution in [2.75, 3.05) is 13.2 Å². The van der Waals surface area contributed by atoms with Crippen molar-refractivity contribution in [1.29, 1.82) is 0 Å². The molecule has 2 aromatic rings. The van der Waals surface area contributed by atoms with E-state index in [1.807, 2.05) is 13.0 Å². The fourth-order valence-electron chi connectivity index (χ4n) is 3.04. The van der Waals surface area contributed by atoms with Gasteiger partial charge in [0, 0.05) is 0 Å². The first-order valence-corrected chi connectivity index (χ1v) is 11.5. The maximum Gasteiger partial charge on any atom is 0.333 e. The molecule has 162 valence electrons. The number of carbonyl (C=O) groups is 2. The predicted octanol–water partition coefficient (Wildman–Crippen LogP) is 5.06. The molecule has 1 aliphatic rings. The van der Waals surface area contributed by atoms with Crippen LogP contribution in [-0.4, -0.2) is 39.4 Å². The van der Waals surface area contributed by atoms with Crippen LogP contribution in [0.5, 0.6) is 11.5 Å². The molecule has 0 spiro atoms. The lowest BCUT2D eigenvalue weighted by Gasteiger charge is -2.25. The smallest absolute Gasteiger partial charge is 0.333 e. The Kier molecular flexibility index (Phi) is 7.74. The Bertz CT molecular complexity index is 1040. The number of aromatic hydroxyl groups is 1. The van der Waals surface area contributed by atoms with Gasteiger partial charge in [-0.15, -0.1) is 0 Å². The summed E-state index contributed by atoms with van der Waals surface area (Å²) in [6, 6.07) is 11.3. The van der Waals surface area contributed by atoms with Crippen LogP contribution >= 0.6 is 39.9 Å². The number of carbonyl (C=O) groups excluding carboxylic acids is 2. The number of benzene rings is 2. The lowest BCUT2D eigenvalue weighted by molar-refractivity contribution is -0.151. The Morgan fingerprint density at radius 3 is 2.61 bits per heavy atom. The van der Waals surface area contributed by atoms with E-state index in [4.69, 9.17) is 21.7 Å². The number of phenolic OH excluding ortho intramolecular Hbond substituents is 1. The first-order valence-electron chi connectivity index (χ1n) is 9.51. The molecule has 0 radical (unpaired) electrons. The number of nitrogens with zero attached hydrogens (tertiary/aromatic N) is 1. The SMILES string of the molecule is CCOC(=O)C(c1ccccc1)N1C(=O)/C(=C/c2cc(Br)c(O)c(OCC)c2)SC1=S. The molecule has 0 aromatic heterocycles. The van der Waals surface area contributed by atoms with Gasteiger partial charge < -0.3 is 14.6 Å². The molecule has 31 heavy (non-hydrogen) atoms. The van der Waals surface area contributed by atoms with E-state index in [-0.39, 0.29) is 22.6 Å². The number of thioether (sulfide) groups is 1. The van der Waals surface area contributed by atoms with Crippen LogP contribution in [0.15, 0.2) is 51.8 Å². The maximum absolute atomic E-state index is 13.3. The molecule has 1 unspecified atom stereocenters. The van der Waals surface area contributed by atoms with E-state index in [9.17, 15) is 14.7 Å². The van der Waals surface area contributed by atoms with Gasteiger partial charge in [-0.25, -0.2) is 4.79 Å². The second-order valence-electron chi connectivity index (χ2n) is 6.40. The third-order valence-corrected chi connectivity index (χ3v) is 6.29. The summed E-state index contributed by atoms with van der Waals surface area (Å²) in [7, 11) is 0. The Morgan fingerprint density at radius 1 is 1.26 bits per heavy atom. The summed E-state index contributed by atoms with van der Waals surface area (Å²) < 4.78 is 11.4. The van der Waals surface area contributed by atoms with E-state index < -0.39 is 12.0 Å². The van der Waals surface area contributed by atoms with Gasteiger partial charge in [0.05, 0.1) is 22.6 Å². The molecule has 0 aliphatic carbocycles. The van der Waals surface area contributed by atoms with E-state index in [2.05, 4.69) is 15.9 Å². The average Bonchev–Trinajstić information content (AvgIpc) is 3.01. The minimum Gasteiger partial charge on any atom is -0.503 e. The minimum absolute atomic E-state index is 0.0157. The van der Waals surface area contributed by atoms with Gasteiger partial charge in [-0.3, -0.25) is 9.69 Å². The van der Waals surface area contributed by atoms with Gasteiger partial charge in [-0.05, 0) is 59.1 Å². The Hall–Kier alpha value is -2.36. The molecule has 1 saturated heterocycles. The van der Waals surface area contributed by atoms with Crippen LogP contribution in [0.1, 0.15) is 31.0 Å². The zero-order chi connectivity index (χ0) is 22.5. The van der Waals surface area contributed by atoms with Crippen molar-refractivity contribution in [3.63, 3.8) is 0 Å². The van der Waals surface area contributed by atoms with Crippen molar-refractivity contribution in [1.82, 2.24) is 4.90 Å². The zero-order valence-electron chi connectivity index (χ0n) is 16.8. The van der Waals surface area contributed by atoms with Gasteiger partial charge in [0.15, 0.2) is 17.5 Å². The second-order valence-corrected chi connectivity index (χ2v) is 8.93. The van der Waals surface area contributed by atoms with Crippen LogP contribution < -0.4 is 4.74 Å². The molecule has 1 fully saturated rings. The topological polar surface area (TPSA) is 76.1 Å². The molecular formula is C22H20BrNO5S2. The number of ether oxygens (including phenoxy) is 2. The first-order chi connectivity index (χ1) is 14.9. The summed E-state index contributed by atoms with van der Waals surface area (Å²) in [5.41, 5.74) is 1.26. The summed E-state index contributed by atoms with van der Waals surface area (Å²) in [6.07, 6.45) is 1.65. The number of hydrogen-bond acceptors (Lipinski definition) is 7. The molecule has 2 aromatic carbocycles. The summed E-state index contributed by atoms with van der Waals surface area (Å²) in [4.78, 5) is 27.6. The van der Waals surface area contributed by atoms with Crippen LogP contribution in [0.25, 0.3) is 6.08 Å². The minimum atomic E-state index is -0.968. The first kappa shape index (κ1) is 23.3. The number of halogens is 1. The number of amides is 1. The molecule has 0 bridgehead atoms. The van der Waals surface area contributed by atoms with Crippen molar-refractivity contribution in [3.8, 4) is 11.5 Å². The molecule has 1 atom stereocenters. The molecule has 0 saturated carbocycles. The fourth-order valence-corrected chi connectivity index (χ4v) is 4.82. The lowest BCUT2D eigenvalue weighted by Crippen LogP contribution is -2.38. The molecule has 1 aliphatic heterocycles. The van der Waals surface area contributed by atoms with Gasteiger partial charge in [-0.2, -0.15) is 0 Å². The van der Waals surface area contributed by atoms with E-state index in [1.54, 1.807) is 49.4 Å². The summed E-state index contributed by atoms with van der Waals surface area (Å²) in [6.45, 7) is 4.09. The average molecular weight is 522 g/mol. The Morgan fingerprint density at radius 2 is 1.97 bits per heavy atom. The van der Waals surface area contributed by atoms with Crippen molar-refractivity contribution in [2.24, 2.45) is 0 Å². The van der Waals surface area contributed by atoms with E-state index in [1.165, 1.54) is 4.90 Å². The highest BCUT2D eigenvalue weighted by Crippen LogP contribution is 2.41. The van der Waals surface area contributed by atoms with Gasteiger partial charge >= 0.3 is 5.97 Å². The monoisotopic (exact) mass is 521 g/mol. The lowest BCUT2D eigenvalue weighted by atomic mass is 10.1. The van der Waals surface area contributed by atoms with Crippen LogP contribution in [0.3, 0.4) is 0 Å². The number of thiocarbonyl (C=S) groups is 1. The molecule has 1 N–H and O–H groups in total. The quantitative estimate of drug-likeness (QED) is 0.310. The summed E-state index contributed by atoms with van der Waals surface area (Å²) >= 11 is 9.85. The summed E-state index contributed by atoms with van der Waals surface area (Å²) in [5, 5.41) is 10.1. The van der Waals surface area contributed by atoms with Crippen molar-refractivity contribution >= 4 is 62.2 Å².